The molecule has 1 saturated carbocycles. The molecule has 21 heavy (non-hydrogen) atoms. The average Bonchev–Trinajstić information content (AvgIpc) is 2.50. The van der Waals surface area contributed by atoms with Crippen molar-refractivity contribution < 1.29 is 9.53 Å². The van der Waals surface area contributed by atoms with Crippen LogP contribution in [0.4, 0.5) is 4.79 Å². The van der Waals surface area contributed by atoms with E-state index in [4.69, 9.17) is 16.3 Å². The van der Waals surface area contributed by atoms with Crippen LogP contribution in [0.3, 0.4) is 0 Å². The first kappa shape index (κ1) is 16.1. The van der Waals surface area contributed by atoms with Gasteiger partial charge in [0.25, 0.3) is 0 Å². The molecular weight excluding hydrogens is 288 g/mol. The molecule has 0 saturated heterocycles. The van der Waals surface area contributed by atoms with E-state index in [9.17, 15) is 4.79 Å². The van der Waals surface area contributed by atoms with Gasteiger partial charge in [-0.3, -0.25) is 0 Å². The Balaban J connectivity index is 1.82. The SMILES string of the molecule is COC(CNC(=O)NC1CCCCC1)c1ccccc1Cl. The predicted molar refractivity (Wildman–Crippen MR) is 84.6 cm³/mol. The molecule has 0 bridgehead atoms. The summed E-state index contributed by atoms with van der Waals surface area (Å²) >= 11 is 6.16. The fraction of sp³-hybridized carbons (Fsp3) is 0.562. The van der Waals surface area contributed by atoms with Crippen molar-refractivity contribution in [3.63, 3.8) is 0 Å². The van der Waals surface area contributed by atoms with Gasteiger partial charge in [-0.05, 0) is 18.9 Å². The summed E-state index contributed by atoms with van der Waals surface area (Å²) in [5.41, 5.74) is 0.889. The third kappa shape index (κ3) is 4.90. The predicted octanol–water partition coefficient (Wildman–Crippen LogP) is 3.66. The molecule has 0 radical (unpaired) electrons. The highest BCUT2D eigenvalue weighted by molar-refractivity contribution is 6.31. The summed E-state index contributed by atoms with van der Waals surface area (Å²) in [5, 5.41) is 6.55. The van der Waals surface area contributed by atoms with Crippen LogP contribution in [0.5, 0.6) is 0 Å². The van der Waals surface area contributed by atoms with E-state index in [0.29, 0.717) is 17.6 Å². The number of rotatable bonds is 5. The Morgan fingerprint density at radius 2 is 2.05 bits per heavy atom. The van der Waals surface area contributed by atoms with E-state index in [1.807, 2.05) is 24.3 Å². The zero-order chi connectivity index (χ0) is 15.1. The minimum atomic E-state index is -0.240. The van der Waals surface area contributed by atoms with Crippen molar-refractivity contribution in [3.8, 4) is 0 Å². The van der Waals surface area contributed by atoms with Gasteiger partial charge in [0.05, 0.1) is 0 Å². The highest BCUT2D eigenvalue weighted by atomic mass is 35.5. The minimum Gasteiger partial charge on any atom is -0.375 e. The molecule has 1 unspecified atom stereocenters. The van der Waals surface area contributed by atoms with Gasteiger partial charge in [-0.1, -0.05) is 49.1 Å². The van der Waals surface area contributed by atoms with E-state index in [1.165, 1.54) is 19.3 Å². The molecule has 1 aliphatic rings. The lowest BCUT2D eigenvalue weighted by Gasteiger charge is -2.24. The normalized spacial score (nSPS) is 17.2. The molecule has 2 rings (SSSR count). The van der Waals surface area contributed by atoms with E-state index >= 15 is 0 Å². The Bertz CT molecular complexity index is 461. The number of amides is 2. The van der Waals surface area contributed by atoms with Crippen molar-refractivity contribution in [2.24, 2.45) is 0 Å². The van der Waals surface area contributed by atoms with Crippen LogP contribution in [-0.2, 0) is 4.74 Å². The molecule has 116 valence electrons. The van der Waals surface area contributed by atoms with E-state index in [0.717, 1.165) is 18.4 Å². The maximum absolute atomic E-state index is 11.9. The van der Waals surface area contributed by atoms with Gasteiger partial charge in [-0.15, -0.1) is 0 Å². The largest absolute Gasteiger partial charge is 0.375 e. The van der Waals surface area contributed by atoms with Crippen LogP contribution < -0.4 is 10.6 Å². The van der Waals surface area contributed by atoms with E-state index in [-0.39, 0.29) is 12.1 Å². The van der Waals surface area contributed by atoms with E-state index in [2.05, 4.69) is 10.6 Å². The molecule has 1 aromatic rings. The van der Waals surface area contributed by atoms with Gasteiger partial charge >= 0.3 is 6.03 Å². The zero-order valence-electron chi connectivity index (χ0n) is 12.4. The van der Waals surface area contributed by atoms with Crippen molar-refractivity contribution >= 4 is 17.6 Å². The second kappa shape index (κ2) is 8.25. The third-order valence-corrected chi connectivity index (χ3v) is 4.27. The maximum Gasteiger partial charge on any atom is 0.315 e. The Kier molecular flexibility index (Phi) is 6.33. The number of methoxy groups -OCH3 is 1. The quantitative estimate of drug-likeness (QED) is 0.872. The number of carbonyl (C=O) groups excluding carboxylic acids is 1. The third-order valence-electron chi connectivity index (χ3n) is 3.93. The molecule has 2 amide bonds. The summed E-state index contributed by atoms with van der Waals surface area (Å²) in [6, 6.07) is 7.70. The van der Waals surface area contributed by atoms with Crippen LogP contribution in [0.25, 0.3) is 0 Å². The summed E-state index contributed by atoms with van der Waals surface area (Å²) in [7, 11) is 1.62. The number of benzene rings is 1. The minimum absolute atomic E-state index is 0.129. The standard InChI is InChI=1S/C16H23ClN2O2/c1-21-15(13-9-5-6-10-14(13)17)11-18-16(20)19-12-7-3-2-4-8-12/h5-6,9-10,12,15H,2-4,7-8,11H2,1H3,(H2,18,19,20). The average molecular weight is 311 g/mol. The van der Waals surface area contributed by atoms with E-state index < -0.39 is 0 Å². The first-order valence-corrected chi connectivity index (χ1v) is 7.90. The van der Waals surface area contributed by atoms with Gasteiger partial charge in [0.15, 0.2) is 0 Å². The number of ether oxygens (including phenoxy) is 1. The Hall–Kier alpha value is -1.26. The number of hydrogen-bond acceptors (Lipinski definition) is 2. The first-order valence-electron chi connectivity index (χ1n) is 7.52. The highest BCUT2D eigenvalue weighted by Gasteiger charge is 2.18. The van der Waals surface area contributed by atoms with Crippen molar-refractivity contribution in [2.75, 3.05) is 13.7 Å². The van der Waals surface area contributed by atoms with Crippen LogP contribution in [0, 0.1) is 0 Å². The summed E-state index contributed by atoms with van der Waals surface area (Å²) < 4.78 is 5.43. The summed E-state index contributed by atoms with van der Waals surface area (Å²) in [6.45, 7) is 0.402. The molecular formula is C16H23ClN2O2. The smallest absolute Gasteiger partial charge is 0.315 e. The molecule has 0 aliphatic heterocycles. The number of carbonyl (C=O) groups is 1. The molecule has 1 atom stereocenters. The molecule has 4 nitrogen and oxygen atoms in total. The first-order chi connectivity index (χ1) is 10.2. The second-order valence-corrected chi connectivity index (χ2v) is 5.84. The zero-order valence-corrected chi connectivity index (χ0v) is 13.2. The lowest BCUT2D eigenvalue weighted by molar-refractivity contribution is 0.104. The van der Waals surface area contributed by atoms with Crippen molar-refractivity contribution in [2.45, 2.75) is 44.2 Å². The Morgan fingerprint density at radius 1 is 1.33 bits per heavy atom. The second-order valence-electron chi connectivity index (χ2n) is 5.44. The van der Waals surface area contributed by atoms with Gasteiger partial charge in [0.1, 0.15) is 6.10 Å². The number of halogens is 1. The fourth-order valence-corrected chi connectivity index (χ4v) is 2.98. The van der Waals surface area contributed by atoms with Crippen molar-refractivity contribution in [1.82, 2.24) is 10.6 Å². The van der Waals surface area contributed by atoms with Gasteiger partial charge in [0, 0.05) is 30.3 Å². The molecule has 1 aromatic carbocycles. The monoisotopic (exact) mass is 310 g/mol. The molecule has 1 aliphatic carbocycles. The van der Waals surface area contributed by atoms with Crippen LogP contribution in [0.1, 0.15) is 43.8 Å². The maximum atomic E-state index is 11.9. The lowest BCUT2D eigenvalue weighted by atomic mass is 9.96. The van der Waals surface area contributed by atoms with E-state index in [1.54, 1.807) is 7.11 Å². The van der Waals surface area contributed by atoms with Crippen LogP contribution in [0.15, 0.2) is 24.3 Å². The summed E-state index contributed by atoms with van der Waals surface area (Å²) in [5.74, 6) is 0. The summed E-state index contributed by atoms with van der Waals surface area (Å²) in [4.78, 5) is 11.9. The molecule has 0 heterocycles. The molecule has 1 fully saturated rings. The Labute approximate surface area is 131 Å². The molecule has 5 heteroatoms. The topological polar surface area (TPSA) is 50.4 Å². The van der Waals surface area contributed by atoms with Gasteiger partial charge in [0.2, 0.25) is 0 Å². The fourth-order valence-electron chi connectivity index (χ4n) is 2.73. The Morgan fingerprint density at radius 3 is 2.71 bits per heavy atom. The highest BCUT2D eigenvalue weighted by Crippen LogP contribution is 2.24. The van der Waals surface area contributed by atoms with Crippen LogP contribution in [-0.4, -0.2) is 25.7 Å². The molecule has 0 aromatic heterocycles. The molecule has 2 N–H and O–H groups in total. The van der Waals surface area contributed by atoms with Gasteiger partial charge < -0.3 is 15.4 Å². The number of hydrogen-bond donors (Lipinski definition) is 2. The van der Waals surface area contributed by atoms with Crippen molar-refractivity contribution in [1.29, 1.82) is 0 Å². The van der Waals surface area contributed by atoms with Gasteiger partial charge in [-0.25, -0.2) is 4.79 Å². The molecule has 0 spiro atoms. The lowest BCUT2D eigenvalue weighted by Crippen LogP contribution is -2.44. The van der Waals surface area contributed by atoms with Gasteiger partial charge in [-0.2, -0.15) is 0 Å². The number of nitrogens with one attached hydrogen (secondary N) is 2. The summed E-state index contributed by atoms with van der Waals surface area (Å²) in [6.07, 6.45) is 5.59. The van der Waals surface area contributed by atoms with Crippen LogP contribution >= 0.6 is 11.6 Å². The number of urea groups is 1. The van der Waals surface area contributed by atoms with Crippen LogP contribution in [0.2, 0.25) is 5.02 Å². The van der Waals surface area contributed by atoms with Crippen molar-refractivity contribution in [3.05, 3.63) is 34.9 Å².